The van der Waals surface area contributed by atoms with E-state index in [-0.39, 0.29) is 0 Å². The second-order valence-electron chi connectivity index (χ2n) is 3.58. The third-order valence-electron chi connectivity index (χ3n) is 2.41. The fourth-order valence-corrected chi connectivity index (χ4v) is 1.71. The van der Waals surface area contributed by atoms with Gasteiger partial charge in [0.2, 0.25) is 0 Å². The van der Waals surface area contributed by atoms with Crippen LogP contribution in [0.1, 0.15) is 18.4 Å². The number of imidazole rings is 1. The van der Waals surface area contributed by atoms with Gasteiger partial charge in [-0.2, -0.15) is 0 Å². The Morgan fingerprint density at radius 3 is 2.73 bits per heavy atom. The van der Waals surface area contributed by atoms with Crippen LogP contribution < -0.4 is 5.73 Å². The first-order chi connectivity index (χ1) is 7.22. The van der Waals surface area contributed by atoms with Crippen LogP contribution in [0.5, 0.6) is 0 Å². The van der Waals surface area contributed by atoms with Crippen molar-refractivity contribution in [3.8, 4) is 5.69 Å². The summed E-state index contributed by atoms with van der Waals surface area (Å²) >= 11 is 0. The van der Waals surface area contributed by atoms with Crippen LogP contribution in [0.3, 0.4) is 0 Å². The summed E-state index contributed by atoms with van der Waals surface area (Å²) in [6.07, 6.45) is 2.92. The molecule has 0 saturated heterocycles. The number of benzene rings is 1. The number of rotatable bonds is 2. The molecule has 1 heterocycles. The standard InChI is InChI=1S/C12H15N3/c1-3-12-14-9(2)8-15(12)11-7-5-4-6-10(11)13/h4-8H,3,13H2,1-2H3. The van der Waals surface area contributed by atoms with Crippen LogP contribution in [0.25, 0.3) is 5.69 Å². The molecule has 2 aromatic rings. The van der Waals surface area contributed by atoms with E-state index < -0.39 is 0 Å². The maximum absolute atomic E-state index is 5.94. The predicted octanol–water partition coefficient (Wildman–Crippen LogP) is 2.33. The zero-order valence-corrected chi connectivity index (χ0v) is 9.07. The lowest BCUT2D eigenvalue weighted by Crippen LogP contribution is -2.02. The molecular formula is C12H15N3. The topological polar surface area (TPSA) is 43.8 Å². The summed E-state index contributed by atoms with van der Waals surface area (Å²) in [7, 11) is 0. The molecule has 0 radical (unpaired) electrons. The number of hydrogen-bond acceptors (Lipinski definition) is 2. The van der Waals surface area contributed by atoms with Crippen molar-refractivity contribution in [2.24, 2.45) is 0 Å². The summed E-state index contributed by atoms with van der Waals surface area (Å²) < 4.78 is 2.06. The highest BCUT2D eigenvalue weighted by atomic mass is 15.1. The molecule has 0 aliphatic carbocycles. The Bertz CT molecular complexity index is 471. The first-order valence-corrected chi connectivity index (χ1v) is 5.12. The Kier molecular flexibility index (Phi) is 2.46. The summed E-state index contributed by atoms with van der Waals surface area (Å²) in [5.74, 6) is 1.05. The fourth-order valence-electron chi connectivity index (χ4n) is 1.71. The average Bonchev–Trinajstić information content (AvgIpc) is 2.60. The molecule has 0 atom stereocenters. The Balaban J connectivity index is 2.58. The summed E-state index contributed by atoms with van der Waals surface area (Å²) in [6, 6.07) is 7.84. The van der Waals surface area contributed by atoms with E-state index in [1.807, 2.05) is 37.4 Å². The molecule has 0 spiro atoms. The van der Waals surface area contributed by atoms with Crippen LogP contribution in [0.4, 0.5) is 5.69 Å². The van der Waals surface area contributed by atoms with Crippen LogP contribution in [0, 0.1) is 6.92 Å². The highest BCUT2D eigenvalue weighted by Gasteiger charge is 2.07. The Hall–Kier alpha value is -1.77. The summed E-state index contributed by atoms with van der Waals surface area (Å²) in [4.78, 5) is 4.45. The Morgan fingerprint density at radius 2 is 2.07 bits per heavy atom. The monoisotopic (exact) mass is 201 g/mol. The van der Waals surface area contributed by atoms with E-state index in [0.29, 0.717) is 0 Å². The molecule has 2 N–H and O–H groups in total. The third-order valence-corrected chi connectivity index (χ3v) is 2.41. The van der Waals surface area contributed by atoms with E-state index in [2.05, 4.69) is 16.5 Å². The van der Waals surface area contributed by atoms with Crippen LogP contribution in [-0.4, -0.2) is 9.55 Å². The predicted molar refractivity (Wildman–Crippen MR) is 62.1 cm³/mol. The summed E-state index contributed by atoms with van der Waals surface area (Å²) in [5, 5.41) is 0. The fraction of sp³-hybridized carbons (Fsp3) is 0.250. The van der Waals surface area contributed by atoms with Gasteiger partial charge in [0.15, 0.2) is 0 Å². The van der Waals surface area contributed by atoms with Crippen molar-refractivity contribution in [3.63, 3.8) is 0 Å². The van der Waals surface area contributed by atoms with Gasteiger partial charge in [-0.15, -0.1) is 0 Å². The largest absolute Gasteiger partial charge is 0.397 e. The minimum atomic E-state index is 0.782. The molecule has 0 saturated carbocycles. The van der Waals surface area contributed by atoms with E-state index in [0.717, 1.165) is 29.3 Å². The van der Waals surface area contributed by atoms with Gasteiger partial charge in [-0.3, -0.25) is 0 Å². The molecule has 0 bridgehead atoms. The van der Waals surface area contributed by atoms with Crippen LogP contribution >= 0.6 is 0 Å². The van der Waals surface area contributed by atoms with E-state index in [4.69, 9.17) is 5.73 Å². The molecular weight excluding hydrogens is 186 g/mol. The number of aromatic nitrogens is 2. The van der Waals surface area contributed by atoms with E-state index in [9.17, 15) is 0 Å². The zero-order chi connectivity index (χ0) is 10.8. The lowest BCUT2D eigenvalue weighted by Gasteiger charge is -2.08. The minimum Gasteiger partial charge on any atom is -0.397 e. The molecule has 0 aliphatic heterocycles. The maximum atomic E-state index is 5.94. The van der Waals surface area contributed by atoms with E-state index >= 15 is 0 Å². The van der Waals surface area contributed by atoms with E-state index in [1.165, 1.54) is 0 Å². The molecule has 1 aromatic carbocycles. The lowest BCUT2D eigenvalue weighted by molar-refractivity contribution is 0.891. The van der Waals surface area contributed by atoms with Crippen LogP contribution in [0.15, 0.2) is 30.5 Å². The van der Waals surface area contributed by atoms with Gasteiger partial charge in [0.1, 0.15) is 5.82 Å². The van der Waals surface area contributed by atoms with Crippen molar-refractivity contribution in [3.05, 3.63) is 42.0 Å². The minimum absolute atomic E-state index is 0.782. The smallest absolute Gasteiger partial charge is 0.113 e. The Labute approximate surface area is 89.6 Å². The Morgan fingerprint density at radius 1 is 1.33 bits per heavy atom. The van der Waals surface area contributed by atoms with Gasteiger partial charge >= 0.3 is 0 Å². The molecule has 0 fully saturated rings. The highest BCUT2D eigenvalue weighted by Crippen LogP contribution is 2.19. The molecule has 15 heavy (non-hydrogen) atoms. The number of aryl methyl sites for hydroxylation is 2. The third kappa shape index (κ3) is 1.73. The quantitative estimate of drug-likeness (QED) is 0.758. The van der Waals surface area contributed by atoms with Crippen molar-refractivity contribution in [2.45, 2.75) is 20.3 Å². The first kappa shape index (κ1) is 9.77. The highest BCUT2D eigenvalue weighted by molar-refractivity contribution is 5.58. The zero-order valence-electron chi connectivity index (χ0n) is 9.07. The van der Waals surface area contributed by atoms with Gasteiger partial charge in [-0.25, -0.2) is 4.98 Å². The van der Waals surface area contributed by atoms with E-state index in [1.54, 1.807) is 0 Å². The van der Waals surface area contributed by atoms with Gasteiger partial charge < -0.3 is 10.3 Å². The number of nitrogen functional groups attached to an aromatic ring is 1. The second-order valence-corrected chi connectivity index (χ2v) is 3.58. The van der Waals surface area contributed by atoms with Gasteiger partial charge in [0.25, 0.3) is 0 Å². The molecule has 3 heteroatoms. The lowest BCUT2D eigenvalue weighted by atomic mass is 10.2. The summed E-state index contributed by atoms with van der Waals surface area (Å²) in [6.45, 7) is 4.09. The number of anilines is 1. The number of nitrogens with zero attached hydrogens (tertiary/aromatic N) is 2. The molecule has 2 rings (SSSR count). The average molecular weight is 201 g/mol. The van der Waals surface area contributed by atoms with Gasteiger partial charge in [0.05, 0.1) is 17.1 Å². The normalized spacial score (nSPS) is 10.5. The van der Waals surface area contributed by atoms with Crippen molar-refractivity contribution < 1.29 is 0 Å². The van der Waals surface area contributed by atoms with Crippen LogP contribution in [-0.2, 0) is 6.42 Å². The maximum Gasteiger partial charge on any atom is 0.113 e. The van der Waals surface area contributed by atoms with Gasteiger partial charge in [-0.1, -0.05) is 19.1 Å². The van der Waals surface area contributed by atoms with Crippen molar-refractivity contribution in [1.82, 2.24) is 9.55 Å². The molecule has 0 unspecified atom stereocenters. The summed E-state index contributed by atoms with van der Waals surface area (Å²) in [5.41, 5.74) is 8.75. The molecule has 1 aromatic heterocycles. The van der Waals surface area contributed by atoms with Crippen molar-refractivity contribution in [1.29, 1.82) is 0 Å². The SMILES string of the molecule is CCc1nc(C)cn1-c1ccccc1N. The number of para-hydroxylation sites is 2. The molecule has 78 valence electrons. The molecule has 3 nitrogen and oxygen atoms in total. The second kappa shape index (κ2) is 3.77. The van der Waals surface area contributed by atoms with Gasteiger partial charge in [0, 0.05) is 12.6 Å². The number of nitrogens with two attached hydrogens (primary N) is 1. The van der Waals surface area contributed by atoms with Crippen LogP contribution in [0.2, 0.25) is 0 Å². The molecule has 0 aliphatic rings. The first-order valence-electron chi connectivity index (χ1n) is 5.12. The number of hydrogen-bond donors (Lipinski definition) is 1. The molecule has 0 amide bonds. The van der Waals surface area contributed by atoms with Crippen molar-refractivity contribution in [2.75, 3.05) is 5.73 Å². The van der Waals surface area contributed by atoms with Crippen molar-refractivity contribution >= 4 is 5.69 Å². The van der Waals surface area contributed by atoms with Gasteiger partial charge in [-0.05, 0) is 19.1 Å².